The number of hydrazone groups is 1. The first kappa shape index (κ1) is 19.0. The largest absolute Gasteiger partial charge is 0.287 e. The monoisotopic (exact) mass is 401 g/mol. The van der Waals surface area contributed by atoms with Crippen molar-refractivity contribution < 1.29 is 26.4 Å². The Labute approximate surface area is 152 Å². The molecule has 12 heteroatoms. The molecule has 0 aromatic heterocycles. The molecular weight excluding hydrogens is 387 g/mol. The van der Waals surface area contributed by atoms with Gasteiger partial charge >= 0.3 is 0 Å². The van der Waals surface area contributed by atoms with Gasteiger partial charge in [-0.3, -0.25) is 24.9 Å². The molecule has 0 aliphatic carbocycles. The van der Waals surface area contributed by atoms with Crippen LogP contribution in [0.1, 0.15) is 23.7 Å². The highest BCUT2D eigenvalue weighted by Gasteiger charge is 2.39. The maximum absolute atomic E-state index is 14.7. The van der Waals surface area contributed by atoms with Crippen molar-refractivity contribution in [3.63, 3.8) is 0 Å². The van der Waals surface area contributed by atoms with Gasteiger partial charge in [0.2, 0.25) is 15.8 Å². The van der Waals surface area contributed by atoms with E-state index in [2.05, 4.69) is 20.5 Å². The number of benzene rings is 1. The Morgan fingerprint density at radius 1 is 1.22 bits per heavy atom. The minimum atomic E-state index is -3.99. The normalized spacial score (nSPS) is 20.8. The summed E-state index contributed by atoms with van der Waals surface area (Å²) < 4.78 is 68.3. The van der Waals surface area contributed by atoms with Gasteiger partial charge in [0.25, 0.3) is 0 Å². The van der Waals surface area contributed by atoms with Crippen LogP contribution in [0, 0.1) is 17.5 Å². The number of halogens is 3. The summed E-state index contributed by atoms with van der Waals surface area (Å²) in [6, 6.07) is -0.584. The van der Waals surface area contributed by atoms with Crippen molar-refractivity contribution in [1.29, 1.82) is 0 Å². The summed E-state index contributed by atoms with van der Waals surface area (Å²) in [5.41, 5.74) is 0.00902. The fourth-order valence-corrected chi connectivity index (χ4v) is 3.75. The number of nitrogens with zero attached hydrogens (tertiary/aromatic N) is 3. The van der Waals surface area contributed by atoms with E-state index < -0.39 is 56.7 Å². The van der Waals surface area contributed by atoms with Gasteiger partial charge in [0.05, 0.1) is 11.4 Å². The lowest BCUT2D eigenvalue weighted by Gasteiger charge is -2.16. The zero-order chi connectivity index (χ0) is 19.8. The first-order valence-electron chi connectivity index (χ1n) is 7.86. The van der Waals surface area contributed by atoms with E-state index in [0.717, 1.165) is 0 Å². The summed E-state index contributed by atoms with van der Waals surface area (Å²) in [6.07, 6.45) is 2.16. The van der Waals surface area contributed by atoms with Crippen LogP contribution in [-0.2, 0) is 10.0 Å². The fourth-order valence-electron chi connectivity index (χ4n) is 2.63. The van der Waals surface area contributed by atoms with Gasteiger partial charge in [0, 0.05) is 18.5 Å². The molecule has 2 unspecified atom stereocenters. The number of carbonyl (C=O) groups is 1. The predicted octanol–water partition coefficient (Wildman–Crippen LogP) is 1.25. The summed E-state index contributed by atoms with van der Waals surface area (Å²) in [5.74, 6) is -6.47. The number of aliphatic imine (C=N–C) groups is 2. The van der Waals surface area contributed by atoms with Gasteiger partial charge in [-0.2, -0.15) is 5.10 Å². The molecule has 0 saturated heterocycles. The molecule has 2 aliphatic heterocycles. The van der Waals surface area contributed by atoms with Gasteiger partial charge in [-0.25, -0.2) is 21.6 Å². The molecule has 3 rings (SSSR count). The van der Waals surface area contributed by atoms with Crippen LogP contribution in [0.25, 0.3) is 0 Å². The number of sulfonamides is 1. The third kappa shape index (κ3) is 3.56. The summed E-state index contributed by atoms with van der Waals surface area (Å²) in [6.45, 7) is 1.57. The van der Waals surface area contributed by atoms with Crippen molar-refractivity contribution >= 4 is 39.6 Å². The second kappa shape index (κ2) is 7.10. The van der Waals surface area contributed by atoms with Gasteiger partial charge in [0.1, 0.15) is 17.3 Å². The number of hydrogen-bond acceptors (Lipinski definition) is 7. The highest BCUT2D eigenvalue weighted by atomic mass is 32.2. The molecule has 27 heavy (non-hydrogen) atoms. The molecule has 2 atom stereocenters. The first-order valence-corrected chi connectivity index (χ1v) is 9.51. The Hall–Kier alpha value is -2.76. The van der Waals surface area contributed by atoms with E-state index >= 15 is 0 Å². The molecule has 0 saturated carbocycles. The lowest BCUT2D eigenvalue weighted by molar-refractivity contribution is 0.105. The second-order valence-corrected chi connectivity index (χ2v) is 7.61. The molecule has 0 fully saturated rings. The number of ketones is 1. The highest BCUT2D eigenvalue weighted by Crippen LogP contribution is 2.27. The summed E-state index contributed by atoms with van der Waals surface area (Å²) in [7, 11) is -3.99. The maximum Gasteiger partial charge on any atom is 0.232 e. The number of nitrogens with one attached hydrogen (secondary N) is 2. The zero-order valence-corrected chi connectivity index (χ0v) is 14.7. The van der Waals surface area contributed by atoms with Crippen LogP contribution in [0.5, 0.6) is 0 Å². The third-order valence-corrected chi connectivity index (χ3v) is 5.29. The van der Waals surface area contributed by atoms with Crippen LogP contribution in [0.3, 0.4) is 0 Å². The number of fused-ring (bicyclic) bond motifs is 1. The minimum Gasteiger partial charge on any atom is -0.287 e. The van der Waals surface area contributed by atoms with Crippen molar-refractivity contribution in [2.75, 3.05) is 10.5 Å². The molecule has 1 aromatic rings. The van der Waals surface area contributed by atoms with Crippen molar-refractivity contribution in [2.45, 2.75) is 25.6 Å². The average Bonchev–Trinajstić information content (AvgIpc) is 3.03. The van der Waals surface area contributed by atoms with Crippen LogP contribution in [0.15, 0.2) is 21.2 Å². The van der Waals surface area contributed by atoms with Crippen LogP contribution in [-0.4, -0.2) is 50.3 Å². The summed E-state index contributed by atoms with van der Waals surface area (Å²) >= 11 is 0. The van der Waals surface area contributed by atoms with Gasteiger partial charge in [-0.1, -0.05) is 6.92 Å². The Kier molecular flexibility index (Phi) is 5.00. The van der Waals surface area contributed by atoms with E-state index in [0.29, 0.717) is 6.07 Å². The van der Waals surface area contributed by atoms with Gasteiger partial charge in [-0.15, -0.1) is 0 Å². The molecule has 0 amide bonds. The standard InChI is InChI=1S/C15H14F3N5O3S/c1-2-5-27(25,26)23-8-6-7(16)10(17)9(11(8)18)14(24)12-13-15(22-21-12)20-4-3-19-13/h3-4,6,13,15,22-23H,2,5H2,1H3. The number of anilines is 1. The molecule has 0 spiro atoms. The summed E-state index contributed by atoms with van der Waals surface area (Å²) in [4.78, 5) is 20.5. The highest BCUT2D eigenvalue weighted by molar-refractivity contribution is 7.92. The lowest BCUT2D eigenvalue weighted by atomic mass is 9.99. The van der Waals surface area contributed by atoms with Crippen LogP contribution < -0.4 is 10.1 Å². The number of hydrogen-bond donors (Lipinski definition) is 2. The molecular formula is C15H14F3N5O3S. The molecule has 2 aliphatic rings. The third-order valence-electron chi connectivity index (χ3n) is 3.81. The molecule has 0 bridgehead atoms. The molecule has 1 aromatic carbocycles. The summed E-state index contributed by atoms with van der Waals surface area (Å²) in [5, 5.41) is 3.70. The molecule has 2 heterocycles. The SMILES string of the molecule is CCCS(=O)(=O)Nc1cc(F)c(F)c(C(=O)C2=NNC3N=CC=NC23)c1F. The fraction of sp³-hybridized carbons (Fsp3) is 0.333. The Balaban J connectivity index is 2.01. The smallest absolute Gasteiger partial charge is 0.232 e. The van der Waals surface area contributed by atoms with E-state index in [4.69, 9.17) is 0 Å². The Bertz CT molecular complexity index is 991. The Morgan fingerprint density at radius 2 is 1.93 bits per heavy atom. The average molecular weight is 401 g/mol. The molecule has 144 valence electrons. The predicted molar refractivity (Wildman–Crippen MR) is 93.5 cm³/mol. The van der Waals surface area contributed by atoms with Gasteiger partial charge in [-0.05, 0) is 6.42 Å². The van der Waals surface area contributed by atoms with E-state index in [1.807, 2.05) is 4.72 Å². The van der Waals surface area contributed by atoms with E-state index in [1.54, 1.807) is 6.92 Å². The van der Waals surface area contributed by atoms with E-state index in [1.165, 1.54) is 12.4 Å². The van der Waals surface area contributed by atoms with Gasteiger partial charge < -0.3 is 0 Å². The number of rotatable bonds is 6. The van der Waals surface area contributed by atoms with Crippen molar-refractivity contribution in [1.82, 2.24) is 5.43 Å². The second-order valence-electron chi connectivity index (χ2n) is 5.77. The van der Waals surface area contributed by atoms with Crippen molar-refractivity contribution in [3.8, 4) is 0 Å². The van der Waals surface area contributed by atoms with Crippen molar-refractivity contribution in [3.05, 3.63) is 29.1 Å². The first-order chi connectivity index (χ1) is 12.7. The number of Topliss-reactive ketones (excluding diaryl/α,β-unsaturated/α-hetero) is 1. The van der Waals surface area contributed by atoms with Gasteiger partial charge in [0.15, 0.2) is 23.6 Å². The quantitative estimate of drug-likeness (QED) is 0.552. The van der Waals surface area contributed by atoms with Crippen LogP contribution in [0.4, 0.5) is 18.9 Å². The zero-order valence-electron chi connectivity index (χ0n) is 13.9. The Morgan fingerprint density at radius 3 is 2.63 bits per heavy atom. The van der Waals surface area contributed by atoms with E-state index in [9.17, 15) is 26.4 Å². The van der Waals surface area contributed by atoms with Crippen LogP contribution >= 0.6 is 0 Å². The van der Waals surface area contributed by atoms with Crippen LogP contribution in [0.2, 0.25) is 0 Å². The molecule has 2 N–H and O–H groups in total. The topological polar surface area (TPSA) is 112 Å². The minimum absolute atomic E-state index is 0.219. The molecule has 0 radical (unpaired) electrons. The number of carbonyl (C=O) groups excluding carboxylic acids is 1. The maximum atomic E-state index is 14.7. The molecule has 8 nitrogen and oxygen atoms in total. The van der Waals surface area contributed by atoms with E-state index in [-0.39, 0.29) is 17.9 Å². The lowest BCUT2D eigenvalue weighted by Crippen LogP contribution is -2.37. The van der Waals surface area contributed by atoms with Crippen molar-refractivity contribution in [2.24, 2.45) is 15.1 Å².